The molecule has 5 heteroatoms. The number of ether oxygens (including phenoxy) is 1. The van der Waals surface area contributed by atoms with E-state index in [9.17, 15) is 4.79 Å². The molecule has 0 atom stereocenters. The standard InChI is InChI=1S/C15H18N2O2S/c1-19-13-7-9-20-14(13)15(18)17-10-12-4-2-11(3-5-12)6-8-16/h2-5,7,9H,6,8,10,16H2,1H3,(H,17,18). The molecule has 20 heavy (non-hydrogen) atoms. The molecule has 0 unspecified atom stereocenters. The zero-order valence-corrected chi connectivity index (χ0v) is 12.2. The monoisotopic (exact) mass is 290 g/mol. The number of nitrogens with two attached hydrogens (primary N) is 1. The number of thiophene rings is 1. The molecule has 4 nitrogen and oxygen atoms in total. The van der Waals surface area contributed by atoms with Crippen LogP contribution in [0.2, 0.25) is 0 Å². The van der Waals surface area contributed by atoms with E-state index < -0.39 is 0 Å². The molecular formula is C15H18N2O2S. The first-order chi connectivity index (χ1) is 9.74. The first kappa shape index (κ1) is 14.6. The lowest BCUT2D eigenvalue weighted by atomic mass is 10.1. The van der Waals surface area contributed by atoms with Crippen molar-refractivity contribution in [3.63, 3.8) is 0 Å². The maximum absolute atomic E-state index is 12.0. The van der Waals surface area contributed by atoms with Gasteiger partial charge in [-0.05, 0) is 35.5 Å². The third-order valence-electron chi connectivity index (χ3n) is 2.96. The number of amides is 1. The first-order valence-corrected chi connectivity index (χ1v) is 7.30. The smallest absolute Gasteiger partial charge is 0.265 e. The second kappa shape index (κ2) is 7.07. The molecule has 1 heterocycles. The topological polar surface area (TPSA) is 64.3 Å². The minimum atomic E-state index is -0.108. The van der Waals surface area contributed by atoms with E-state index in [1.807, 2.05) is 29.6 Å². The zero-order chi connectivity index (χ0) is 14.4. The van der Waals surface area contributed by atoms with Crippen LogP contribution in [0.4, 0.5) is 0 Å². The molecular weight excluding hydrogens is 272 g/mol. The van der Waals surface area contributed by atoms with Gasteiger partial charge in [-0.1, -0.05) is 24.3 Å². The van der Waals surface area contributed by atoms with Gasteiger partial charge < -0.3 is 15.8 Å². The van der Waals surface area contributed by atoms with Crippen molar-refractivity contribution in [3.05, 3.63) is 51.7 Å². The summed E-state index contributed by atoms with van der Waals surface area (Å²) in [6.07, 6.45) is 0.874. The molecule has 0 spiro atoms. The van der Waals surface area contributed by atoms with Crippen molar-refractivity contribution in [1.29, 1.82) is 0 Å². The second-order valence-corrected chi connectivity index (χ2v) is 5.27. The van der Waals surface area contributed by atoms with Crippen molar-refractivity contribution < 1.29 is 9.53 Å². The molecule has 1 amide bonds. The summed E-state index contributed by atoms with van der Waals surface area (Å²) in [5, 5.41) is 4.74. The fraction of sp³-hybridized carbons (Fsp3) is 0.267. The Morgan fingerprint density at radius 1 is 1.25 bits per heavy atom. The highest BCUT2D eigenvalue weighted by Gasteiger charge is 2.13. The highest BCUT2D eigenvalue weighted by atomic mass is 32.1. The van der Waals surface area contributed by atoms with E-state index in [4.69, 9.17) is 10.5 Å². The van der Waals surface area contributed by atoms with Crippen LogP contribution in [0.3, 0.4) is 0 Å². The number of nitrogens with one attached hydrogen (secondary N) is 1. The number of hydrogen-bond donors (Lipinski definition) is 2. The molecule has 1 aromatic heterocycles. The Labute approximate surface area is 122 Å². The van der Waals surface area contributed by atoms with E-state index in [1.54, 1.807) is 13.2 Å². The van der Waals surface area contributed by atoms with E-state index in [1.165, 1.54) is 16.9 Å². The van der Waals surface area contributed by atoms with Gasteiger partial charge in [0.2, 0.25) is 0 Å². The van der Waals surface area contributed by atoms with Crippen LogP contribution in [0, 0.1) is 0 Å². The van der Waals surface area contributed by atoms with Crippen LogP contribution < -0.4 is 15.8 Å². The summed E-state index contributed by atoms with van der Waals surface area (Å²) >= 11 is 1.38. The fourth-order valence-electron chi connectivity index (χ4n) is 1.88. The van der Waals surface area contributed by atoms with Crippen molar-refractivity contribution in [3.8, 4) is 5.75 Å². The largest absolute Gasteiger partial charge is 0.495 e. The molecule has 0 aliphatic carbocycles. The van der Waals surface area contributed by atoms with Crippen LogP contribution >= 0.6 is 11.3 Å². The summed E-state index contributed by atoms with van der Waals surface area (Å²) in [5.41, 5.74) is 7.79. The third kappa shape index (κ3) is 3.59. The minimum absolute atomic E-state index is 0.108. The molecule has 106 valence electrons. The molecule has 0 saturated heterocycles. The molecule has 0 aliphatic rings. The Kier molecular flexibility index (Phi) is 5.15. The van der Waals surface area contributed by atoms with Crippen LogP contribution in [-0.4, -0.2) is 19.6 Å². The van der Waals surface area contributed by atoms with E-state index in [0.29, 0.717) is 23.7 Å². The summed E-state index contributed by atoms with van der Waals surface area (Å²) in [7, 11) is 1.56. The van der Waals surface area contributed by atoms with Gasteiger partial charge in [-0.2, -0.15) is 0 Å². The molecule has 0 bridgehead atoms. The van der Waals surface area contributed by atoms with Crippen molar-refractivity contribution in [2.75, 3.05) is 13.7 Å². The number of benzene rings is 1. The summed E-state index contributed by atoms with van der Waals surface area (Å²) < 4.78 is 5.14. The zero-order valence-electron chi connectivity index (χ0n) is 11.4. The van der Waals surface area contributed by atoms with Crippen LogP contribution in [0.15, 0.2) is 35.7 Å². The van der Waals surface area contributed by atoms with Gasteiger partial charge >= 0.3 is 0 Å². The van der Waals surface area contributed by atoms with Gasteiger partial charge in [-0.3, -0.25) is 4.79 Å². The predicted molar refractivity (Wildman–Crippen MR) is 81.2 cm³/mol. The summed E-state index contributed by atoms with van der Waals surface area (Å²) in [6.45, 7) is 1.15. The molecule has 0 saturated carbocycles. The Bertz CT molecular complexity index is 564. The minimum Gasteiger partial charge on any atom is -0.495 e. The van der Waals surface area contributed by atoms with Crippen LogP contribution in [0.25, 0.3) is 0 Å². The summed E-state index contributed by atoms with van der Waals surface area (Å²) in [5.74, 6) is 0.508. The van der Waals surface area contributed by atoms with E-state index in [-0.39, 0.29) is 5.91 Å². The lowest BCUT2D eigenvalue weighted by Crippen LogP contribution is -2.22. The highest BCUT2D eigenvalue weighted by molar-refractivity contribution is 7.12. The van der Waals surface area contributed by atoms with E-state index in [0.717, 1.165) is 12.0 Å². The van der Waals surface area contributed by atoms with Crippen molar-refractivity contribution in [2.24, 2.45) is 5.73 Å². The summed E-state index contributed by atoms with van der Waals surface area (Å²) in [4.78, 5) is 12.6. The van der Waals surface area contributed by atoms with Gasteiger partial charge in [0, 0.05) is 6.54 Å². The molecule has 3 N–H and O–H groups in total. The second-order valence-electron chi connectivity index (χ2n) is 4.36. The van der Waals surface area contributed by atoms with Gasteiger partial charge in [-0.25, -0.2) is 0 Å². The van der Waals surface area contributed by atoms with Gasteiger partial charge in [-0.15, -0.1) is 11.3 Å². The number of carbonyl (C=O) groups is 1. The van der Waals surface area contributed by atoms with E-state index >= 15 is 0 Å². The quantitative estimate of drug-likeness (QED) is 0.857. The van der Waals surface area contributed by atoms with Crippen molar-refractivity contribution >= 4 is 17.2 Å². The lowest BCUT2D eigenvalue weighted by Gasteiger charge is -2.06. The average molecular weight is 290 g/mol. The average Bonchev–Trinajstić information content (AvgIpc) is 2.95. The fourth-order valence-corrected chi connectivity index (χ4v) is 2.65. The van der Waals surface area contributed by atoms with Crippen molar-refractivity contribution in [2.45, 2.75) is 13.0 Å². The van der Waals surface area contributed by atoms with Crippen LogP contribution in [0.5, 0.6) is 5.75 Å². The SMILES string of the molecule is COc1ccsc1C(=O)NCc1ccc(CCN)cc1. The Morgan fingerprint density at radius 2 is 1.95 bits per heavy atom. The van der Waals surface area contributed by atoms with Crippen LogP contribution in [-0.2, 0) is 13.0 Å². The summed E-state index contributed by atoms with van der Waals surface area (Å²) in [6, 6.07) is 9.90. The number of rotatable bonds is 6. The maximum Gasteiger partial charge on any atom is 0.265 e. The van der Waals surface area contributed by atoms with Gasteiger partial charge in [0.05, 0.1) is 7.11 Å². The molecule has 1 aromatic carbocycles. The Hall–Kier alpha value is -1.85. The van der Waals surface area contributed by atoms with Crippen LogP contribution in [0.1, 0.15) is 20.8 Å². The Balaban J connectivity index is 1.93. The maximum atomic E-state index is 12.0. The molecule has 2 aromatic rings. The van der Waals surface area contributed by atoms with Gasteiger partial charge in [0.25, 0.3) is 5.91 Å². The predicted octanol–water partition coefficient (Wildman–Crippen LogP) is 2.19. The van der Waals surface area contributed by atoms with Crippen molar-refractivity contribution in [1.82, 2.24) is 5.32 Å². The number of hydrogen-bond acceptors (Lipinski definition) is 4. The lowest BCUT2D eigenvalue weighted by molar-refractivity contribution is 0.0952. The van der Waals surface area contributed by atoms with Gasteiger partial charge in [0.15, 0.2) is 0 Å². The van der Waals surface area contributed by atoms with Gasteiger partial charge in [0.1, 0.15) is 10.6 Å². The Morgan fingerprint density at radius 3 is 2.60 bits per heavy atom. The molecule has 0 radical (unpaired) electrons. The first-order valence-electron chi connectivity index (χ1n) is 6.42. The molecule has 2 rings (SSSR count). The molecule has 0 fully saturated rings. The number of methoxy groups -OCH3 is 1. The highest BCUT2D eigenvalue weighted by Crippen LogP contribution is 2.24. The third-order valence-corrected chi connectivity index (χ3v) is 3.86. The molecule has 0 aliphatic heterocycles. The normalized spacial score (nSPS) is 10.3. The number of carbonyl (C=O) groups excluding carboxylic acids is 1. The van der Waals surface area contributed by atoms with E-state index in [2.05, 4.69) is 5.32 Å².